The third kappa shape index (κ3) is 5.75. The number of allylic oxidation sites excluding steroid dienone is 3. The average molecular weight is 661 g/mol. The Morgan fingerprint density at radius 2 is 1.00 bits per heavy atom. The lowest BCUT2D eigenvalue weighted by atomic mass is 10.4. The Balaban J connectivity index is 1.19. The van der Waals surface area contributed by atoms with E-state index in [1.807, 2.05) is 153 Å². The molecule has 0 nitrogen and oxygen atoms in total. The van der Waals surface area contributed by atoms with Crippen LogP contribution in [0.25, 0.3) is 0 Å². The van der Waals surface area contributed by atoms with Crippen molar-refractivity contribution in [3.05, 3.63) is 64.3 Å². The standard InChI is InChI=1S/C19H16S13/c1-20-12-13(21-2)28-11(27-12)9-6-5-8(24-9)7-10-25-16-17(26-10)32-19(31-16)18-29-14(22-3)15(23-4)30-18/h5,7H,6H2,1-4H3. The maximum atomic E-state index is 2.40. The molecule has 0 spiro atoms. The van der Waals surface area contributed by atoms with E-state index < -0.39 is 0 Å². The minimum absolute atomic E-state index is 1.07. The molecule has 32 heavy (non-hydrogen) atoms. The van der Waals surface area contributed by atoms with E-state index in [-0.39, 0.29) is 0 Å². The van der Waals surface area contributed by atoms with Gasteiger partial charge in [0.1, 0.15) is 0 Å². The summed E-state index contributed by atoms with van der Waals surface area (Å²) in [6.07, 6.45) is 14.6. The first-order valence-corrected chi connectivity index (χ1v) is 21.2. The molecule has 0 saturated carbocycles. The monoisotopic (exact) mass is 660 g/mol. The van der Waals surface area contributed by atoms with Gasteiger partial charge in [0.2, 0.25) is 0 Å². The maximum Gasteiger partial charge on any atom is 0.0718 e. The molecular weight excluding hydrogens is 645 g/mol. The summed E-state index contributed by atoms with van der Waals surface area (Å²) in [7, 11) is 0. The molecule has 0 aromatic carbocycles. The Labute approximate surface area is 245 Å². The fourth-order valence-corrected chi connectivity index (χ4v) is 20.7. The van der Waals surface area contributed by atoms with Crippen LogP contribution in [0.3, 0.4) is 0 Å². The van der Waals surface area contributed by atoms with Crippen LogP contribution in [0.15, 0.2) is 64.3 Å². The first-order chi connectivity index (χ1) is 15.6. The minimum Gasteiger partial charge on any atom is -0.121 e. The first kappa shape index (κ1) is 26.3. The highest BCUT2D eigenvalue weighted by molar-refractivity contribution is 8.49. The zero-order chi connectivity index (χ0) is 22.2. The summed E-state index contributed by atoms with van der Waals surface area (Å²) < 4.78 is 14.6. The van der Waals surface area contributed by atoms with Crippen LogP contribution in [0.2, 0.25) is 0 Å². The Morgan fingerprint density at radius 3 is 1.50 bits per heavy atom. The molecule has 5 rings (SSSR count). The zero-order valence-corrected chi connectivity index (χ0v) is 27.8. The van der Waals surface area contributed by atoms with E-state index in [4.69, 9.17) is 0 Å². The van der Waals surface area contributed by atoms with Gasteiger partial charge in [-0.15, -0.1) is 47.0 Å². The van der Waals surface area contributed by atoms with Gasteiger partial charge in [0.15, 0.2) is 0 Å². The molecule has 0 radical (unpaired) electrons. The second kappa shape index (κ2) is 12.1. The first-order valence-electron chi connectivity index (χ1n) is 9.00. The van der Waals surface area contributed by atoms with E-state index in [1.54, 1.807) is 0 Å². The lowest BCUT2D eigenvalue weighted by Gasteiger charge is -2.06. The van der Waals surface area contributed by atoms with Gasteiger partial charge in [-0.1, -0.05) is 112 Å². The molecule has 0 N–H and O–H groups in total. The zero-order valence-electron chi connectivity index (χ0n) is 17.2. The van der Waals surface area contributed by atoms with Crippen LogP contribution in [-0.2, 0) is 0 Å². The van der Waals surface area contributed by atoms with Gasteiger partial charge in [0.05, 0.1) is 42.4 Å². The number of rotatable bonds is 5. The third-order valence-corrected chi connectivity index (χ3v) is 22.1. The third-order valence-electron chi connectivity index (χ3n) is 4.12. The van der Waals surface area contributed by atoms with Crippen molar-refractivity contribution in [3.8, 4) is 0 Å². The van der Waals surface area contributed by atoms with Gasteiger partial charge in [-0.3, -0.25) is 0 Å². The second-order valence-corrected chi connectivity index (χ2v) is 21.3. The van der Waals surface area contributed by atoms with Crippen LogP contribution < -0.4 is 0 Å². The number of thioether (sulfide) groups is 13. The molecule has 0 saturated heterocycles. The average Bonchev–Trinajstić information content (AvgIpc) is 3.59. The molecule has 5 aliphatic rings. The van der Waals surface area contributed by atoms with Crippen LogP contribution in [0.4, 0.5) is 0 Å². The maximum absolute atomic E-state index is 2.40. The topological polar surface area (TPSA) is 0 Å². The summed E-state index contributed by atoms with van der Waals surface area (Å²) in [5.41, 5.74) is 0. The predicted molar refractivity (Wildman–Crippen MR) is 178 cm³/mol. The summed E-state index contributed by atoms with van der Waals surface area (Å²) in [6.45, 7) is 0. The fraction of sp³-hybridized carbons (Fsp3) is 0.263. The molecule has 0 bridgehead atoms. The smallest absolute Gasteiger partial charge is 0.0718 e. The highest BCUT2D eigenvalue weighted by atomic mass is 32.3. The van der Waals surface area contributed by atoms with E-state index in [0.29, 0.717) is 0 Å². The van der Waals surface area contributed by atoms with Gasteiger partial charge < -0.3 is 0 Å². The van der Waals surface area contributed by atoms with Crippen molar-refractivity contribution < 1.29 is 0 Å². The van der Waals surface area contributed by atoms with E-state index in [0.717, 1.165) is 6.42 Å². The lowest BCUT2D eigenvalue weighted by molar-refractivity contribution is 1.39. The normalized spacial score (nSPS) is 23.6. The molecule has 13 heteroatoms. The van der Waals surface area contributed by atoms with E-state index in [2.05, 4.69) is 37.2 Å². The summed E-state index contributed by atoms with van der Waals surface area (Å²) in [5.74, 6) is 0. The van der Waals surface area contributed by atoms with Gasteiger partial charge in [0.25, 0.3) is 0 Å². The Kier molecular flexibility index (Phi) is 9.93. The Bertz CT molecular complexity index is 1010. The summed E-state index contributed by atoms with van der Waals surface area (Å²) in [5, 5.41) is 0. The van der Waals surface area contributed by atoms with Crippen molar-refractivity contribution in [2.24, 2.45) is 0 Å². The SMILES string of the molecule is CSC1=C(SC)SC(=C2CC=C(C=C3SC4=C(S3)SC(=C3SC(SC)=C(SC)S3)S4)S2)S1. The number of hydrogen-bond acceptors (Lipinski definition) is 13. The van der Waals surface area contributed by atoms with Gasteiger partial charge in [-0.25, -0.2) is 0 Å². The highest BCUT2D eigenvalue weighted by Crippen LogP contribution is 2.71. The van der Waals surface area contributed by atoms with E-state index >= 15 is 0 Å². The molecule has 0 aliphatic carbocycles. The largest absolute Gasteiger partial charge is 0.121 e. The molecule has 0 amide bonds. The quantitative estimate of drug-likeness (QED) is 0.275. The minimum atomic E-state index is 1.07. The molecular formula is C19H16S13. The Morgan fingerprint density at radius 1 is 0.562 bits per heavy atom. The van der Waals surface area contributed by atoms with Gasteiger partial charge >= 0.3 is 0 Å². The molecule has 0 aromatic heterocycles. The van der Waals surface area contributed by atoms with Crippen molar-refractivity contribution in [1.29, 1.82) is 0 Å². The fourth-order valence-electron chi connectivity index (χ4n) is 2.73. The van der Waals surface area contributed by atoms with Crippen LogP contribution >= 0.6 is 153 Å². The van der Waals surface area contributed by atoms with Crippen LogP contribution in [0.5, 0.6) is 0 Å². The molecule has 0 fully saturated rings. The summed E-state index contributed by atoms with van der Waals surface area (Å²) >= 11 is 25.2. The van der Waals surface area contributed by atoms with Crippen molar-refractivity contribution >= 4 is 153 Å². The van der Waals surface area contributed by atoms with Crippen molar-refractivity contribution in [1.82, 2.24) is 0 Å². The van der Waals surface area contributed by atoms with Crippen molar-refractivity contribution in [3.63, 3.8) is 0 Å². The molecule has 5 heterocycles. The van der Waals surface area contributed by atoms with Crippen LogP contribution in [0, 0.1) is 0 Å². The summed E-state index contributed by atoms with van der Waals surface area (Å²) in [4.78, 5) is 2.92. The van der Waals surface area contributed by atoms with E-state index in [9.17, 15) is 0 Å². The molecule has 0 aromatic rings. The lowest BCUT2D eigenvalue weighted by Crippen LogP contribution is -1.73. The van der Waals surface area contributed by atoms with Gasteiger partial charge in [0, 0.05) is 9.81 Å². The second-order valence-electron chi connectivity index (χ2n) is 6.02. The predicted octanol–water partition coefficient (Wildman–Crippen LogP) is 11.9. The van der Waals surface area contributed by atoms with Crippen LogP contribution in [-0.4, -0.2) is 25.0 Å². The van der Waals surface area contributed by atoms with Gasteiger partial charge in [-0.05, 0) is 37.5 Å². The van der Waals surface area contributed by atoms with Crippen molar-refractivity contribution in [2.75, 3.05) is 25.0 Å². The van der Waals surface area contributed by atoms with Crippen LogP contribution in [0.1, 0.15) is 6.42 Å². The molecule has 5 aliphatic heterocycles. The van der Waals surface area contributed by atoms with Crippen molar-refractivity contribution in [2.45, 2.75) is 6.42 Å². The Hall–Kier alpha value is 2.73. The molecule has 0 atom stereocenters. The van der Waals surface area contributed by atoms with Gasteiger partial charge in [-0.2, -0.15) is 0 Å². The highest BCUT2D eigenvalue weighted by Gasteiger charge is 2.34. The molecule has 0 unspecified atom stereocenters. The number of hydrogen-bond donors (Lipinski definition) is 0. The summed E-state index contributed by atoms with van der Waals surface area (Å²) in [6, 6.07) is 0. The van der Waals surface area contributed by atoms with E-state index in [1.165, 1.54) is 52.2 Å². The molecule has 170 valence electrons.